The number of para-hydroxylation sites is 1. The van der Waals surface area contributed by atoms with Gasteiger partial charge in [0, 0.05) is 27.6 Å². The normalized spacial score (nSPS) is 18.4. The van der Waals surface area contributed by atoms with Crippen LogP contribution >= 0.6 is 0 Å². The fraction of sp³-hybridized carbons (Fsp3) is 0.167. The van der Waals surface area contributed by atoms with Crippen LogP contribution in [0.2, 0.25) is 0 Å². The fourth-order valence-corrected chi connectivity index (χ4v) is 10.1. The summed E-state index contributed by atoms with van der Waals surface area (Å²) in [5, 5.41) is 3.75. The van der Waals surface area contributed by atoms with Crippen LogP contribution in [0.1, 0.15) is 68.7 Å². The van der Waals surface area contributed by atoms with Crippen LogP contribution < -0.4 is 0 Å². The van der Waals surface area contributed by atoms with Crippen LogP contribution in [0, 0.1) is 5.92 Å². The molecule has 1 aromatic heterocycles. The molecule has 3 aliphatic rings. The number of aromatic nitrogens is 1. The van der Waals surface area contributed by atoms with E-state index in [9.17, 15) is 0 Å². The molecule has 0 fully saturated rings. The highest BCUT2D eigenvalue weighted by Crippen LogP contribution is 2.67. The Morgan fingerprint density at radius 2 is 1.13 bits per heavy atom. The van der Waals surface area contributed by atoms with Crippen molar-refractivity contribution in [2.24, 2.45) is 5.92 Å². The summed E-state index contributed by atoms with van der Waals surface area (Å²) in [6.45, 7) is 8.00. The smallest absolute Gasteiger partial charge is 0.0788 e. The van der Waals surface area contributed by atoms with Crippen molar-refractivity contribution in [2.75, 3.05) is 0 Å². The lowest BCUT2D eigenvalue weighted by molar-refractivity contribution is 0.351. The second kappa shape index (κ2) is 14.3. The standard InChI is InChI=1S/C50H35N.2C2H6/c1-2-14-32(15-3-1)33-16-12-17-34(30-33)35-18-13-19-36(31-35)49-41-28-29-45-48(47(41)40-23-7-11-27-46(40)51-49)39-22-6-10-26-44(39)50(45)42-24-8-4-20-37(42)38-21-5-9-25-43(38)50;2*1-2/h1-8,10-24,26-31,38,43H,9,25H2;2*1-2H3. The first-order chi connectivity index (χ1) is 27.3. The SMILES string of the molecule is C1=CC2c3ccccc3C3(c4ccccc4-c4c3ccc3c(-c5cccc(-c6cccc(-c7ccccc7)c6)c5)nc5ccccc5c43)C2CC1.CC.CC. The predicted octanol–water partition coefficient (Wildman–Crippen LogP) is 14.8. The Hall–Kier alpha value is -6.05. The monoisotopic (exact) mass is 709 g/mol. The fourth-order valence-electron chi connectivity index (χ4n) is 10.1. The number of fused-ring (bicyclic) bond motifs is 14. The van der Waals surface area contributed by atoms with Gasteiger partial charge in [-0.1, -0.05) is 185 Å². The van der Waals surface area contributed by atoms with Gasteiger partial charge in [-0.3, -0.25) is 0 Å². The van der Waals surface area contributed by atoms with Gasteiger partial charge in [-0.25, -0.2) is 4.98 Å². The maximum absolute atomic E-state index is 5.44. The summed E-state index contributed by atoms with van der Waals surface area (Å²) >= 11 is 0. The average Bonchev–Trinajstić information content (AvgIpc) is 3.75. The van der Waals surface area contributed by atoms with Crippen LogP contribution in [0.15, 0.2) is 176 Å². The molecule has 3 atom stereocenters. The second-order valence-corrected chi connectivity index (χ2v) is 14.5. The molecule has 0 bridgehead atoms. The van der Waals surface area contributed by atoms with Gasteiger partial charge >= 0.3 is 0 Å². The lowest BCUT2D eigenvalue weighted by Gasteiger charge is -2.38. The van der Waals surface area contributed by atoms with Crippen molar-refractivity contribution >= 4 is 21.7 Å². The number of nitrogens with zero attached hydrogens (tertiary/aromatic N) is 1. The molecule has 3 aliphatic carbocycles. The number of hydrogen-bond acceptors (Lipinski definition) is 1. The van der Waals surface area contributed by atoms with Gasteiger partial charge < -0.3 is 0 Å². The van der Waals surface area contributed by atoms with Crippen molar-refractivity contribution in [3.8, 4) is 44.6 Å². The van der Waals surface area contributed by atoms with E-state index in [1.807, 2.05) is 27.7 Å². The van der Waals surface area contributed by atoms with Crippen molar-refractivity contribution in [1.82, 2.24) is 4.98 Å². The third-order valence-corrected chi connectivity index (χ3v) is 12.1. The molecule has 0 aliphatic heterocycles. The van der Waals surface area contributed by atoms with Gasteiger partial charge in [0.05, 0.1) is 16.6 Å². The molecule has 8 aromatic rings. The minimum Gasteiger partial charge on any atom is -0.247 e. The Morgan fingerprint density at radius 3 is 1.93 bits per heavy atom. The van der Waals surface area contributed by atoms with Crippen molar-refractivity contribution in [3.05, 3.63) is 198 Å². The van der Waals surface area contributed by atoms with Crippen LogP contribution in [0.4, 0.5) is 0 Å². The average molecular weight is 710 g/mol. The number of allylic oxidation sites excluding steroid dienone is 2. The third kappa shape index (κ3) is 5.24. The summed E-state index contributed by atoms with van der Waals surface area (Å²) in [7, 11) is 0. The van der Waals surface area contributed by atoms with E-state index >= 15 is 0 Å². The maximum atomic E-state index is 5.44. The summed E-state index contributed by atoms with van der Waals surface area (Å²) in [6, 6.07) is 60.7. The first kappa shape index (κ1) is 34.7. The van der Waals surface area contributed by atoms with E-state index < -0.39 is 0 Å². The summed E-state index contributed by atoms with van der Waals surface area (Å²) < 4.78 is 0. The molecule has 1 nitrogen and oxygen atoms in total. The Balaban J connectivity index is 0.000000963. The summed E-state index contributed by atoms with van der Waals surface area (Å²) in [5.41, 5.74) is 16.5. The Kier molecular flexibility index (Phi) is 9.03. The number of benzene rings is 7. The van der Waals surface area contributed by atoms with Crippen molar-refractivity contribution in [2.45, 2.75) is 51.9 Å². The summed E-state index contributed by atoms with van der Waals surface area (Å²) in [6.07, 6.45) is 7.23. The van der Waals surface area contributed by atoms with E-state index in [-0.39, 0.29) is 5.41 Å². The van der Waals surface area contributed by atoms with Gasteiger partial charge in [0.1, 0.15) is 0 Å². The quantitative estimate of drug-likeness (QED) is 0.131. The van der Waals surface area contributed by atoms with Gasteiger partial charge in [-0.15, -0.1) is 0 Å². The topological polar surface area (TPSA) is 12.9 Å². The molecule has 0 N–H and O–H groups in total. The molecular formula is C54H47N. The van der Waals surface area contributed by atoms with Gasteiger partial charge in [0.2, 0.25) is 0 Å². The minimum absolute atomic E-state index is 0.180. The molecule has 0 saturated heterocycles. The van der Waals surface area contributed by atoms with Crippen molar-refractivity contribution < 1.29 is 0 Å². The van der Waals surface area contributed by atoms with E-state index in [2.05, 4.69) is 176 Å². The molecule has 3 unspecified atom stereocenters. The molecule has 1 spiro atoms. The molecule has 55 heavy (non-hydrogen) atoms. The van der Waals surface area contributed by atoms with E-state index in [1.54, 1.807) is 0 Å². The van der Waals surface area contributed by atoms with Crippen LogP contribution in [0.3, 0.4) is 0 Å². The van der Waals surface area contributed by atoms with E-state index in [4.69, 9.17) is 4.98 Å². The highest BCUT2D eigenvalue weighted by molar-refractivity contribution is 6.19. The predicted molar refractivity (Wildman–Crippen MR) is 235 cm³/mol. The van der Waals surface area contributed by atoms with Gasteiger partial charge in [0.15, 0.2) is 0 Å². The first-order valence-corrected chi connectivity index (χ1v) is 20.3. The van der Waals surface area contributed by atoms with E-state index in [0.29, 0.717) is 11.8 Å². The highest BCUT2D eigenvalue weighted by atomic mass is 14.7. The molecule has 1 heterocycles. The number of rotatable bonds is 3. The van der Waals surface area contributed by atoms with Crippen molar-refractivity contribution in [3.63, 3.8) is 0 Å². The van der Waals surface area contributed by atoms with Crippen LogP contribution in [0.25, 0.3) is 66.3 Å². The van der Waals surface area contributed by atoms with Crippen LogP contribution in [-0.2, 0) is 5.41 Å². The minimum atomic E-state index is -0.180. The zero-order valence-corrected chi connectivity index (χ0v) is 32.3. The molecular weight excluding hydrogens is 663 g/mol. The Morgan fingerprint density at radius 1 is 0.509 bits per heavy atom. The molecule has 0 saturated carbocycles. The summed E-state index contributed by atoms with van der Waals surface area (Å²) in [4.78, 5) is 5.44. The lowest BCUT2D eigenvalue weighted by atomic mass is 9.64. The zero-order chi connectivity index (χ0) is 37.5. The number of pyridine rings is 1. The van der Waals surface area contributed by atoms with Crippen LogP contribution in [-0.4, -0.2) is 4.98 Å². The van der Waals surface area contributed by atoms with E-state index in [1.165, 1.54) is 78.2 Å². The lowest BCUT2D eigenvalue weighted by Crippen LogP contribution is -2.34. The molecule has 7 aromatic carbocycles. The molecule has 1 heteroatoms. The third-order valence-electron chi connectivity index (χ3n) is 12.1. The Labute approximate surface area is 326 Å². The van der Waals surface area contributed by atoms with Crippen LogP contribution in [0.5, 0.6) is 0 Å². The zero-order valence-electron chi connectivity index (χ0n) is 32.3. The van der Waals surface area contributed by atoms with Gasteiger partial charge in [-0.05, 0) is 92.6 Å². The Bertz CT molecular complexity index is 2720. The molecule has 11 rings (SSSR count). The second-order valence-electron chi connectivity index (χ2n) is 14.5. The largest absolute Gasteiger partial charge is 0.247 e. The highest BCUT2D eigenvalue weighted by Gasteiger charge is 2.57. The molecule has 268 valence electrons. The summed E-state index contributed by atoms with van der Waals surface area (Å²) in [5.74, 6) is 0.910. The van der Waals surface area contributed by atoms with E-state index in [0.717, 1.165) is 23.2 Å². The maximum Gasteiger partial charge on any atom is 0.0788 e. The van der Waals surface area contributed by atoms with Gasteiger partial charge in [0.25, 0.3) is 0 Å². The van der Waals surface area contributed by atoms with Gasteiger partial charge in [-0.2, -0.15) is 0 Å². The van der Waals surface area contributed by atoms with Crippen molar-refractivity contribution in [1.29, 1.82) is 0 Å². The first-order valence-electron chi connectivity index (χ1n) is 20.3. The molecule has 0 amide bonds. The molecule has 0 radical (unpaired) electrons. The number of hydrogen-bond donors (Lipinski definition) is 0.